The zero-order valence-electron chi connectivity index (χ0n) is 22.8. The van der Waals surface area contributed by atoms with Gasteiger partial charge in [-0.05, 0) is 69.2 Å². The van der Waals surface area contributed by atoms with Crippen molar-refractivity contribution in [3.05, 3.63) is 35.4 Å². The van der Waals surface area contributed by atoms with Crippen LogP contribution in [0.4, 0.5) is 4.79 Å². The van der Waals surface area contributed by atoms with E-state index in [1.165, 1.54) is 32.1 Å². The van der Waals surface area contributed by atoms with E-state index < -0.39 is 11.5 Å². The van der Waals surface area contributed by atoms with Gasteiger partial charge in [-0.25, -0.2) is 4.79 Å². The monoisotopic (exact) mass is 516 g/mol. The molecule has 0 bridgehead atoms. The van der Waals surface area contributed by atoms with E-state index in [1.54, 1.807) is 25.3 Å². The van der Waals surface area contributed by atoms with Gasteiger partial charge in [0.2, 0.25) is 5.91 Å². The van der Waals surface area contributed by atoms with Crippen LogP contribution in [0, 0.1) is 11.8 Å². The van der Waals surface area contributed by atoms with Crippen LogP contribution in [0.2, 0.25) is 0 Å². The molecule has 1 aromatic carbocycles. The molecule has 3 atom stereocenters. The molecule has 1 heterocycles. The maximum atomic E-state index is 13.4. The third-order valence-corrected chi connectivity index (χ3v) is 8.31. The van der Waals surface area contributed by atoms with E-state index in [0.717, 1.165) is 38.6 Å². The van der Waals surface area contributed by atoms with Crippen LogP contribution >= 0.6 is 0 Å². The summed E-state index contributed by atoms with van der Waals surface area (Å²) in [5.41, 5.74) is 5.46. The lowest BCUT2D eigenvalue weighted by Crippen LogP contribution is -2.54. The molecule has 1 saturated carbocycles. The molecule has 1 aromatic rings. The van der Waals surface area contributed by atoms with E-state index in [9.17, 15) is 14.7 Å². The Morgan fingerprint density at radius 1 is 1.19 bits per heavy atom. The molecule has 3 amide bonds. The van der Waals surface area contributed by atoms with Gasteiger partial charge in [0.1, 0.15) is 0 Å². The second-order valence-corrected chi connectivity index (χ2v) is 11.0. The van der Waals surface area contributed by atoms with Crippen LogP contribution in [0.25, 0.3) is 0 Å². The van der Waals surface area contributed by atoms with Crippen molar-refractivity contribution in [2.75, 3.05) is 40.4 Å². The molecule has 1 aliphatic heterocycles. The van der Waals surface area contributed by atoms with Crippen LogP contribution in [0.5, 0.6) is 0 Å². The number of urea groups is 1. The number of hydrogen-bond donors (Lipinski definition) is 4. The third-order valence-electron chi connectivity index (χ3n) is 8.31. The van der Waals surface area contributed by atoms with Crippen molar-refractivity contribution >= 4 is 11.9 Å². The number of nitrogens with two attached hydrogens (primary N) is 1. The first kappa shape index (κ1) is 29.4. The molecule has 3 unspecified atom stereocenters. The number of nitrogens with one attached hydrogen (secondary N) is 2. The van der Waals surface area contributed by atoms with Crippen LogP contribution in [0.15, 0.2) is 24.3 Å². The normalized spacial score (nSPS) is 21.3. The van der Waals surface area contributed by atoms with E-state index in [1.807, 2.05) is 18.0 Å². The topological polar surface area (TPSA) is 117 Å². The summed E-state index contributed by atoms with van der Waals surface area (Å²) in [4.78, 5) is 27.1. The fourth-order valence-corrected chi connectivity index (χ4v) is 6.25. The predicted molar refractivity (Wildman–Crippen MR) is 146 cm³/mol. The number of hydrogen-bond acceptors (Lipinski definition) is 5. The molecule has 1 saturated heterocycles. The Hall–Kier alpha value is -2.16. The number of carbonyl (C=O) groups is 2. The highest BCUT2D eigenvalue weighted by atomic mass is 16.5. The van der Waals surface area contributed by atoms with Gasteiger partial charge in [0, 0.05) is 50.9 Å². The van der Waals surface area contributed by atoms with E-state index in [2.05, 4.69) is 10.6 Å². The number of methoxy groups -OCH3 is 1. The molecule has 37 heavy (non-hydrogen) atoms. The van der Waals surface area contributed by atoms with E-state index >= 15 is 0 Å². The number of aliphatic hydroxyl groups is 1. The number of nitrogens with zero attached hydrogens (tertiary/aromatic N) is 1. The van der Waals surface area contributed by atoms with Crippen LogP contribution in [-0.4, -0.2) is 68.4 Å². The molecule has 3 rings (SSSR count). The first-order chi connectivity index (χ1) is 17.9. The van der Waals surface area contributed by atoms with Crippen molar-refractivity contribution in [3.63, 3.8) is 0 Å². The van der Waals surface area contributed by atoms with Gasteiger partial charge in [-0.3, -0.25) is 4.79 Å². The fraction of sp³-hybridized carbons (Fsp3) is 0.724. The highest BCUT2D eigenvalue weighted by Crippen LogP contribution is 2.40. The van der Waals surface area contributed by atoms with Crippen LogP contribution in [0.3, 0.4) is 0 Å². The van der Waals surface area contributed by atoms with Gasteiger partial charge in [0.25, 0.3) is 0 Å². The SMILES string of the molecule is CNCC(CC1CCCCC1)NC(=O)N1CCCC(C(O)(CCCCOC)c2cccc(C(N)=O)c2)C1. The lowest BCUT2D eigenvalue weighted by Gasteiger charge is -2.43. The van der Waals surface area contributed by atoms with E-state index in [-0.39, 0.29) is 18.0 Å². The summed E-state index contributed by atoms with van der Waals surface area (Å²) in [5, 5.41) is 18.7. The maximum absolute atomic E-state index is 13.4. The molecule has 2 fully saturated rings. The number of amides is 3. The summed E-state index contributed by atoms with van der Waals surface area (Å²) in [6, 6.07) is 7.08. The van der Waals surface area contributed by atoms with Crippen molar-refractivity contribution < 1.29 is 19.4 Å². The van der Waals surface area contributed by atoms with Crippen molar-refractivity contribution in [3.8, 4) is 0 Å². The summed E-state index contributed by atoms with van der Waals surface area (Å²) < 4.78 is 5.21. The molecule has 2 aliphatic rings. The third kappa shape index (κ3) is 8.42. The summed E-state index contributed by atoms with van der Waals surface area (Å²) in [6.45, 7) is 2.54. The number of piperidine rings is 1. The van der Waals surface area contributed by atoms with Gasteiger partial charge in [0.05, 0.1) is 5.60 Å². The molecular formula is C29H48N4O4. The molecule has 1 aliphatic carbocycles. The molecule has 0 spiro atoms. The van der Waals surface area contributed by atoms with Gasteiger partial charge in [-0.15, -0.1) is 0 Å². The lowest BCUT2D eigenvalue weighted by molar-refractivity contribution is -0.0564. The first-order valence-corrected chi connectivity index (χ1v) is 14.2. The number of unbranched alkanes of at least 4 members (excludes halogenated alkanes) is 1. The van der Waals surface area contributed by atoms with Gasteiger partial charge in [-0.2, -0.15) is 0 Å². The number of rotatable bonds is 13. The van der Waals surface area contributed by atoms with Gasteiger partial charge >= 0.3 is 6.03 Å². The number of benzene rings is 1. The second-order valence-electron chi connectivity index (χ2n) is 11.0. The number of likely N-dealkylation sites (N-methyl/N-ethyl adjacent to an activating group) is 1. The average Bonchev–Trinajstić information content (AvgIpc) is 2.92. The Morgan fingerprint density at radius 2 is 1.97 bits per heavy atom. The summed E-state index contributed by atoms with van der Waals surface area (Å²) in [7, 11) is 3.61. The van der Waals surface area contributed by atoms with Crippen LogP contribution < -0.4 is 16.4 Å². The Balaban J connectivity index is 1.72. The van der Waals surface area contributed by atoms with Gasteiger partial charge < -0.3 is 31.1 Å². The predicted octanol–water partition coefficient (Wildman–Crippen LogP) is 3.77. The second kappa shape index (κ2) is 14.7. The maximum Gasteiger partial charge on any atom is 0.317 e. The lowest BCUT2D eigenvalue weighted by atomic mass is 9.74. The van der Waals surface area contributed by atoms with Crippen molar-refractivity contribution in [2.45, 2.75) is 82.3 Å². The summed E-state index contributed by atoms with van der Waals surface area (Å²) >= 11 is 0. The standard InChI is InChI=1S/C29H48N4O4/c1-31-20-26(18-22-10-4-3-5-11-22)32-28(35)33-16-9-14-25(21-33)29(36,15-6-7-17-37-2)24-13-8-12-23(19-24)27(30)34/h8,12-13,19,22,25-26,31,36H,3-7,9-11,14-18,20-21H2,1-2H3,(H2,30,34)(H,32,35). The Bertz CT molecular complexity index is 860. The molecule has 8 heteroatoms. The molecular weight excluding hydrogens is 468 g/mol. The summed E-state index contributed by atoms with van der Waals surface area (Å²) in [6.07, 6.45) is 11.2. The van der Waals surface area contributed by atoms with Crippen LogP contribution in [0.1, 0.15) is 86.6 Å². The van der Waals surface area contributed by atoms with Crippen LogP contribution in [-0.2, 0) is 10.3 Å². The highest BCUT2D eigenvalue weighted by molar-refractivity contribution is 5.92. The number of carbonyl (C=O) groups excluding carboxylic acids is 2. The minimum Gasteiger partial charge on any atom is -0.385 e. The number of primary amides is 1. The molecule has 8 nitrogen and oxygen atoms in total. The van der Waals surface area contributed by atoms with Gasteiger partial charge in [-0.1, -0.05) is 44.2 Å². The zero-order chi connectivity index (χ0) is 26.7. The van der Waals surface area contributed by atoms with Crippen molar-refractivity contribution in [1.29, 1.82) is 0 Å². The van der Waals surface area contributed by atoms with Gasteiger partial charge in [0.15, 0.2) is 0 Å². The Labute approximate surface area is 222 Å². The molecule has 0 aromatic heterocycles. The smallest absolute Gasteiger partial charge is 0.317 e. The molecule has 208 valence electrons. The molecule has 5 N–H and O–H groups in total. The quantitative estimate of drug-likeness (QED) is 0.298. The van der Waals surface area contributed by atoms with E-state index in [4.69, 9.17) is 10.5 Å². The summed E-state index contributed by atoms with van der Waals surface area (Å²) in [5.74, 6) is 0.0248. The van der Waals surface area contributed by atoms with Crippen molar-refractivity contribution in [1.82, 2.24) is 15.5 Å². The fourth-order valence-electron chi connectivity index (χ4n) is 6.25. The minimum atomic E-state index is -1.16. The largest absolute Gasteiger partial charge is 0.385 e. The first-order valence-electron chi connectivity index (χ1n) is 14.2. The van der Waals surface area contributed by atoms with Crippen molar-refractivity contribution in [2.24, 2.45) is 17.6 Å². The average molecular weight is 517 g/mol. The zero-order valence-corrected chi connectivity index (χ0v) is 22.8. The minimum absolute atomic E-state index is 0.0478. The Kier molecular flexibility index (Phi) is 11.7. The van der Waals surface area contributed by atoms with E-state index in [0.29, 0.717) is 43.2 Å². The number of ether oxygens (including phenoxy) is 1. The highest BCUT2D eigenvalue weighted by Gasteiger charge is 2.41. The Morgan fingerprint density at radius 3 is 2.68 bits per heavy atom. The molecule has 0 radical (unpaired) electrons. The number of likely N-dealkylation sites (tertiary alicyclic amines) is 1.